The van der Waals surface area contributed by atoms with Crippen LogP contribution in [0.5, 0.6) is 5.75 Å². The molecule has 0 amide bonds. The van der Waals surface area contributed by atoms with E-state index in [1.165, 1.54) is 50.5 Å². The Balaban J connectivity index is 0.00000243. The minimum Gasteiger partial charge on any atom is -0.489 e. The Morgan fingerprint density at radius 2 is 1.38 bits per heavy atom. The van der Waals surface area contributed by atoms with Crippen LogP contribution < -0.4 is 10.1 Å². The number of nitrogens with one attached hydrogen (secondary N) is 1. The van der Waals surface area contributed by atoms with Gasteiger partial charge in [-0.05, 0) is 48.2 Å². The number of rotatable bonds is 6. The second-order valence-electron chi connectivity index (χ2n) is 6.98. The van der Waals surface area contributed by atoms with Crippen LogP contribution in [0.15, 0.2) is 48.5 Å². The molecule has 0 radical (unpaired) electrons. The molecule has 0 aromatic heterocycles. The van der Waals surface area contributed by atoms with Gasteiger partial charge in [-0.2, -0.15) is 0 Å². The maximum Gasteiger partial charge on any atom is 0.119 e. The molecule has 2 aromatic carbocycles. The summed E-state index contributed by atoms with van der Waals surface area (Å²) in [7, 11) is 0. The minimum absolute atomic E-state index is 0. The van der Waals surface area contributed by atoms with E-state index in [1.807, 2.05) is 24.3 Å². The summed E-state index contributed by atoms with van der Waals surface area (Å²) in [6.07, 6.45) is 9.61. The highest BCUT2D eigenvalue weighted by atomic mass is 35.5. The first-order valence-corrected chi connectivity index (χ1v) is 9.87. The number of halogens is 2. The summed E-state index contributed by atoms with van der Waals surface area (Å²) in [6, 6.07) is 16.9. The van der Waals surface area contributed by atoms with Gasteiger partial charge in [-0.3, -0.25) is 0 Å². The highest BCUT2D eigenvalue weighted by Crippen LogP contribution is 2.19. The van der Waals surface area contributed by atoms with Crippen molar-refractivity contribution in [3.8, 4) is 5.75 Å². The number of hydrogen-bond acceptors (Lipinski definition) is 2. The van der Waals surface area contributed by atoms with Gasteiger partial charge in [0.1, 0.15) is 12.4 Å². The van der Waals surface area contributed by atoms with E-state index in [2.05, 4.69) is 29.6 Å². The summed E-state index contributed by atoms with van der Waals surface area (Å²) in [5.74, 6) is 0.907. The molecule has 0 atom stereocenters. The molecule has 0 heterocycles. The van der Waals surface area contributed by atoms with Crippen LogP contribution in [0.2, 0.25) is 5.02 Å². The van der Waals surface area contributed by atoms with E-state index in [-0.39, 0.29) is 12.4 Å². The van der Waals surface area contributed by atoms with Crippen molar-refractivity contribution in [3.05, 3.63) is 64.7 Å². The summed E-state index contributed by atoms with van der Waals surface area (Å²) in [4.78, 5) is 0. The van der Waals surface area contributed by atoms with Gasteiger partial charge in [0, 0.05) is 17.6 Å². The van der Waals surface area contributed by atoms with Crippen LogP contribution in [0, 0.1) is 0 Å². The van der Waals surface area contributed by atoms with Gasteiger partial charge in [0.2, 0.25) is 0 Å². The molecule has 0 bridgehead atoms. The van der Waals surface area contributed by atoms with Gasteiger partial charge in [0.25, 0.3) is 0 Å². The van der Waals surface area contributed by atoms with Crippen molar-refractivity contribution in [2.75, 3.05) is 0 Å². The predicted molar refractivity (Wildman–Crippen MR) is 112 cm³/mol. The van der Waals surface area contributed by atoms with Crippen molar-refractivity contribution in [2.45, 2.75) is 64.1 Å². The van der Waals surface area contributed by atoms with Gasteiger partial charge in [0.05, 0.1) is 0 Å². The number of ether oxygens (including phenoxy) is 1. The summed E-state index contributed by atoms with van der Waals surface area (Å²) >= 11 is 5.90. The molecule has 0 aliphatic heterocycles. The summed E-state index contributed by atoms with van der Waals surface area (Å²) in [5, 5.41) is 4.49. The zero-order chi connectivity index (χ0) is 17.3. The van der Waals surface area contributed by atoms with Crippen LogP contribution in [-0.2, 0) is 13.2 Å². The average molecular weight is 394 g/mol. The molecule has 4 heteroatoms. The largest absolute Gasteiger partial charge is 0.489 e. The zero-order valence-corrected chi connectivity index (χ0v) is 16.8. The maximum atomic E-state index is 5.90. The standard InChI is InChI=1S/C22H28ClNO.ClH/c23-20-12-8-19(9-13-20)17-25-22-14-10-18(11-15-22)16-24-21-6-4-2-1-3-5-7-21;/h8-15,21,24H,1-7,16-17H2;1H. The first kappa shape index (κ1) is 21.1. The quantitative estimate of drug-likeness (QED) is 0.600. The predicted octanol–water partition coefficient (Wildman–Crippen LogP) is 6.54. The molecule has 1 aliphatic carbocycles. The third-order valence-electron chi connectivity index (χ3n) is 4.94. The lowest BCUT2D eigenvalue weighted by atomic mass is 9.96. The highest BCUT2D eigenvalue weighted by Gasteiger charge is 2.10. The monoisotopic (exact) mass is 393 g/mol. The smallest absolute Gasteiger partial charge is 0.119 e. The first-order valence-electron chi connectivity index (χ1n) is 9.49. The van der Waals surface area contributed by atoms with Gasteiger partial charge in [-0.15, -0.1) is 12.4 Å². The van der Waals surface area contributed by atoms with Crippen LogP contribution in [0.25, 0.3) is 0 Å². The molecule has 1 aliphatic rings. The van der Waals surface area contributed by atoms with Crippen LogP contribution in [0.3, 0.4) is 0 Å². The Morgan fingerprint density at radius 3 is 2.04 bits per heavy atom. The Bertz CT molecular complexity index is 620. The van der Waals surface area contributed by atoms with Gasteiger partial charge in [-0.1, -0.05) is 68.0 Å². The van der Waals surface area contributed by atoms with Gasteiger partial charge in [0.15, 0.2) is 0 Å². The van der Waals surface area contributed by atoms with Crippen molar-refractivity contribution in [1.29, 1.82) is 0 Å². The molecule has 2 aromatic rings. The van der Waals surface area contributed by atoms with E-state index in [1.54, 1.807) is 0 Å². The Hall–Kier alpha value is -1.22. The topological polar surface area (TPSA) is 21.3 Å². The van der Waals surface area contributed by atoms with E-state index < -0.39 is 0 Å². The molecule has 1 fully saturated rings. The Kier molecular flexibility index (Phi) is 9.31. The lowest BCUT2D eigenvalue weighted by Crippen LogP contribution is -2.29. The fourth-order valence-corrected chi connectivity index (χ4v) is 3.50. The van der Waals surface area contributed by atoms with Crippen molar-refractivity contribution in [2.24, 2.45) is 0 Å². The summed E-state index contributed by atoms with van der Waals surface area (Å²) in [5.41, 5.74) is 2.44. The molecular weight excluding hydrogens is 365 g/mol. The van der Waals surface area contributed by atoms with E-state index in [0.29, 0.717) is 12.6 Å². The fourth-order valence-electron chi connectivity index (χ4n) is 3.37. The van der Waals surface area contributed by atoms with Crippen molar-refractivity contribution in [1.82, 2.24) is 5.32 Å². The molecule has 0 spiro atoms. The van der Waals surface area contributed by atoms with Gasteiger partial charge < -0.3 is 10.1 Å². The van der Waals surface area contributed by atoms with Gasteiger partial charge >= 0.3 is 0 Å². The minimum atomic E-state index is 0. The second-order valence-corrected chi connectivity index (χ2v) is 7.42. The molecule has 1 saturated carbocycles. The third-order valence-corrected chi connectivity index (χ3v) is 5.19. The highest BCUT2D eigenvalue weighted by molar-refractivity contribution is 6.30. The van der Waals surface area contributed by atoms with Crippen LogP contribution in [0.4, 0.5) is 0 Å². The third kappa shape index (κ3) is 7.19. The van der Waals surface area contributed by atoms with Crippen LogP contribution in [-0.4, -0.2) is 6.04 Å². The molecule has 142 valence electrons. The van der Waals surface area contributed by atoms with Crippen molar-refractivity contribution >= 4 is 24.0 Å². The molecular formula is C22H29Cl2NO. The summed E-state index contributed by atoms with van der Waals surface area (Å²) in [6.45, 7) is 1.51. The van der Waals surface area contributed by atoms with E-state index >= 15 is 0 Å². The molecule has 2 nitrogen and oxygen atoms in total. The van der Waals surface area contributed by atoms with E-state index in [9.17, 15) is 0 Å². The first-order chi connectivity index (χ1) is 12.3. The second kappa shape index (κ2) is 11.5. The van der Waals surface area contributed by atoms with Crippen LogP contribution in [0.1, 0.15) is 56.1 Å². The Labute approximate surface area is 168 Å². The van der Waals surface area contributed by atoms with Crippen molar-refractivity contribution < 1.29 is 4.74 Å². The SMILES string of the molecule is Cl.Clc1ccc(COc2ccc(CNC3CCCCCCC3)cc2)cc1. The van der Waals surface area contributed by atoms with Crippen LogP contribution >= 0.6 is 24.0 Å². The summed E-state index contributed by atoms with van der Waals surface area (Å²) < 4.78 is 5.85. The molecule has 3 rings (SSSR count). The lowest BCUT2D eigenvalue weighted by Gasteiger charge is -2.21. The molecule has 26 heavy (non-hydrogen) atoms. The van der Waals surface area contributed by atoms with E-state index in [0.717, 1.165) is 22.9 Å². The lowest BCUT2D eigenvalue weighted by molar-refractivity contribution is 0.306. The average Bonchev–Trinajstić information content (AvgIpc) is 2.61. The fraction of sp³-hybridized carbons (Fsp3) is 0.455. The molecule has 0 unspecified atom stereocenters. The molecule has 1 N–H and O–H groups in total. The van der Waals surface area contributed by atoms with Crippen molar-refractivity contribution in [3.63, 3.8) is 0 Å². The maximum absolute atomic E-state index is 5.90. The molecule has 0 saturated heterocycles. The number of hydrogen-bond donors (Lipinski definition) is 1. The number of benzene rings is 2. The van der Waals surface area contributed by atoms with E-state index in [4.69, 9.17) is 16.3 Å². The zero-order valence-electron chi connectivity index (χ0n) is 15.3. The van der Waals surface area contributed by atoms with Gasteiger partial charge in [-0.25, -0.2) is 0 Å². The normalized spacial score (nSPS) is 15.6. The Morgan fingerprint density at radius 1 is 0.808 bits per heavy atom.